The number of thioether (sulfide) groups is 1. The van der Waals surface area contributed by atoms with Gasteiger partial charge >= 0.3 is 0 Å². The molecule has 1 saturated carbocycles. The first-order chi connectivity index (χ1) is 5.83. The first-order valence-electron chi connectivity index (χ1n) is 4.96. The van der Waals surface area contributed by atoms with Gasteiger partial charge in [0.1, 0.15) is 5.78 Å². The smallest absolute Gasteiger partial charge is 0.134 e. The summed E-state index contributed by atoms with van der Waals surface area (Å²) in [6.07, 6.45) is 6.64. The van der Waals surface area contributed by atoms with E-state index in [1.807, 2.05) is 11.8 Å². The van der Waals surface area contributed by atoms with Crippen LogP contribution < -0.4 is 0 Å². The van der Waals surface area contributed by atoms with Gasteiger partial charge in [0.05, 0.1) is 0 Å². The Morgan fingerprint density at radius 2 is 2.42 bits per heavy atom. The molecule has 0 spiro atoms. The van der Waals surface area contributed by atoms with Crippen LogP contribution in [-0.2, 0) is 4.79 Å². The highest BCUT2D eigenvalue weighted by Crippen LogP contribution is 2.26. The van der Waals surface area contributed by atoms with Crippen molar-refractivity contribution in [1.82, 2.24) is 0 Å². The van der Waals surface area contributed by atoms with Crippen molar-refractivity contribution in [3.63, 3.8) is 0 Å². The number of carbonyl (C=O) groups is 1. The number of carbonyl (C=O) groups excluding carboxylic acids is 1. The Morgan fingerprint density at radius 1 is 1.58 bits per heavy atom. The molecule has 0 bridgehead atoms. The van der Waals surface area contributed by atoms with Crippen molar-refractivity contribution >= 4 is 17.5 Å². The first kappa shape index (κ1) is 10.1. The van der Waals surface area contributed by atoms with Gasteiger partial charge in [-0.3, -0.25) is 4.79 Å². The van der Waals surface area contributed by atoms with E-state index in [0.717, 1.165) is 19.3 Å². The first-order valence-corrected chi connectivity index (χ1v) is 6.01. The molecule has 1 aliphatic carbocycles. The molecule has 70 valence electrons. The maximum atomic E-state index is 11.1. The van der Waals surface area contributed by atoms with Crippen LogP contribution >= 0.6 is 11.8 Å². The minimum absolute atomic E-state index is 0.482. The summed E-state index contributed by atoms with van der Waals surface area (Å²) in [5.74, 6) is 1.73. The van der Waals surface area contributed by atoms with Crippen LogP contribution in [0.1, 0.15) is 45.4 Å². The molecule has 0 radical (unpaired) electrons. The van der Waals surface area contributed by atoms with Gasteiger partial charge in [-0.25, -0.2) is 0 Å². The fourth-order valence-corrected chi connectivity index (χ4v) is 2.95. The molecule has 0 aromatic carbocycles. The number of Topliss-reactive ketones (excluding diaryl/α,β-unsaturated/α-hetero) is 1. The van der Waals surface area contributed by atoms with Crippen molar-refractivity contribution < 1.29 is 4.79 Å². The highest BCUT2D eigenvalue weighted by atomic mass is 32.2. The zero-order chi connectivity index (χ0) is 8.81. The SMILES string of the molecule is CCCCSC1CCCC(=O)C1. The summed E-state index contributed by atoms with van der Waals surface area (Å²) >= 11 is 2.00. The van der Waals surface area contributed by atoms with Gasteiger partial charge in [0.2, 0.25) is 0 Å². The third kappa shape index (κ3) is 3.61. The molecule has 1 atom stereocenters. The van der Waals surface area contributed by atoms with E-state index in [0.29, 0.717) is 11.0 Å². The second kappa shape index (κ2) is 5.63. The molecule has 0 amide bonds. The Hall–Kier alpha value is 0.0200. The van der Waals surface area contributed by atoms with E-state index in [9.17, 15) is 4.79 Å². The van der Waals surface area contributed by atoms with Crippen LogP contribution in [0.4, 0.5) is 0 Å². The molecule has 1 rings (SSSR count). The summed E-state index contributed by atoms with van der Waals surface area (Å²) < 4.78 is 0. The molecular formula is C10H18OS. The minimum Gasteiger partial charge on any atom is -0.300 e. The van der Waals surface area contributed by atoms with Crippen LogP contribution in [0.3, 0.4) is 0 Å². The fraction of sp³-hybridized carbons (Fsp3) is 0.900. The van der Waals surface area contributed by atoms with Crippen molar-refractivity contribution in [3.8, 4) is 0 Å². The number of ketones is 1. The second-order valence-electron chi connectivity index (χ2n) is 3.48. The Kier molecular flexibility index (Phi) is 4.74. The zero-order valence-electron chi connectivity index (χ0n) is 7.84. The summed E-state index contributed by atoms with van der Waals surface area (Å²) in [7, 11) is 0. The summed E-state index contributed by atoms with van der Waals surface area (Å²) in [4.78, 5) is 11.1. The van der Waals surface area contributed by atoms with E-state index in [2.05, 4.69) is 6.92 Å². The summed E-state index contributed by atoms with van der Waals surface area (Å²) in [5.41, 5.74) is 0. The van der Waals surface area contributed by atoms with Gasteiger partial charge in [-0.2, -0.15) is 11.8 Å². The van der Waals surface area contributed by atoms with Crippen molar-refractivity contribution in [2.24, 2.45) is 0 Å². The van der Waals surface area contributed by atoms with Crippen LogP contribution in [-0.4, -0.2) is 16.8 Å². The normalized spacial score (nSPS) is 24.4. The van der Waals surface area contributed by atoms with E-state index in [1.165, 1.54) is 25.0 Å². The minimum atomic E-state index is 0.482. The second-order valence-corrected chi connectivity index (χ2v) is 4.89. The largest absolute Gasteiger partial charge is 0.300 e. The van der Waals surface area contributed by atoms with Crippen molar-refractivity contribution in [2.45, 2.75) is 50.7 Å². The van der Waals surface area contributed by atoms with Gasteiger partial charge < -0.3 is 0 Å². The maximum absolute atomic E-state index is 11.1. The molecule has 1 unspecified atom stereocenters. The van der Waals surface area contributed by atoms with E-state index < -0.39 is 0 Å². The summed E-state index contributed by atoms with van der Waals surface area (Å²) in [5, 5.41) is 0.651. The van der Waals surface area contributed by atoms with Crippen LogP contribution in [0, 0.1) is 0 Å². The van der Waals surface area contributed by atoms with Crippen LogP contribution in [0.15, 0.2) is 0 Å². The Bertz CT molecular complexity index is 145. The van der Waals surface area contributed by atoms with E-state index in [4.69, 9.17) is 0 Å². The van der Waals surface area contributed by atoms with Gasteiger partial charge in [0.15, 0.2) is 0 Å². The Balaban J connectivity index is 2.10. The highest BCUT2D eigenvalue weighted by molar-refractivity contribution is 7.99. The number of hydrogen-bond acceptors (Lipinski definition) is 2. The quantitative estimate of drug-likeness (QED) is 0.628. The standard InChI is InChI=1S/C10H18OS/c1-2-3-7-12-10-6-4-5-9(11)8-10/h10H,2-8H2,1H3. The monoisotopic (exact) mass is 186 g/mol. The molecule has 1 aliphatic rings. The summed E-state index contributed by atoms with van der Waals surface area (Å²) in [6.45, 7) is 2.21. The third-order valence-electron chi connectivity index (χ3n) is 2.29. The molecule has 0 aliphatic heterocycles. The lowest BCUT2D eigenvalue weighted by molar-refractivity contribution is -0.120. The Labute approximate surface area is 79.3 Å². The van der Waals surface area contributed by atoms with Crippen molar-refractivity contribution in [2.75, 3.05) is 5.75 Å². The average Bonchev–Trinajstić information content (AvgIpc) is 2.05. The number of rotatable bonds is 4. The third-order valence-corrected chi connectivity index (χ3v) is 3.69. The van der Waals surface area contributed by atoms with Gasteiger partial charge in [-0.15, -0.1) is 0 Å². The number of unbranched alkanes of at least 4 members (excludes halogenated alkanes) is 1. The molecule has 12 heavy (non-hydrogen) atoms. The van der Waals surface area contributed by atoms with Gasteiger partial charge in [0, 0.05) is 18.1 Å². The van der Waals surface area contributed by atoms with Crippen LogP contribution in [0.25, 0.3) is 0 Å². The molecule has 0 saturated heterocycles. The van der Waals surface area contributed by atoms with Gasteiger partial charge in [-0.1, -0.05) is 13.3 Å². The molecule has 0 aromatic rings. The molecule has 0 N–H and O–H groups in total. The molecule has 1 nitrogen and oxygen atoms in total. The van der Waals surface area contributed by atoms with Gasteiger partial charge in [-0.05, 0) is 25.0 Å². The lowest BCUT2D eigenvalue weighted by Crippen LogP contribution is -2.17. The van der Waals surface area contributed by atoms with Crippen molar-refractivity contribution in [1.29, 1.82) is 0 Å². The maximum Gasteiger partial charge on any atom is 0.134 e. The highest BCUT2D eigenvalue weighted by Gasteiger charge is 2.18. The lowest BCUT2D eigenvalue weighted by atomic mass is 9.99. The summed E-state index contributed by atoms with van der Waals surface area (Å²) in [6, 6.07) is 0. The van der Waals surface area contributed by atoms with Crippen LogP contribution in [0.5, 0.6) is 0 Å². The molecule has 2 heteroatoms. The zero-order valence-corrected chi connectivity index (χ0v) is 8.66. The molecular weight excluding hydrogens is 168 g/mol. The van der Waals surface area contributed by atoms with E-state index in [-0.39, 0.29) is 0 Å². The molecule has 0 heterocycles. The van der Waals surface area contributed by atoms with Crippen molar-refractivity contribution in [3.05, 3.63) is 0 Å². The molecule has 0 aromatic heterocycles. The van der Waals surface area contributed by atoms with E-state index >= 15 is 0 Å². The predicted molar refractivity (Wildman–Crippen MR) is 54.6 cm³/mol. The van der Waals surface area contributed by atoms with E-state index in [1.54, 1.807) is 0 Å². The Morgan fingerprint density at radius 3 is 3.08 bits per heavy atom. The average molecular weight is 186 g/mol. The lowest BCUT2D eigenvalue weighted by Gasteiger charge is -2.19. The number of hydrogen-bond donors (Lipinski definition) is 0. The van der Waals surface area contributed by atoms with Gasteiger partial charge in [0.25, 0.3) is 0 Å². The topological polar surface area (TPSA) is 17.1 Å². The fourth-order valence-electron chi connectivity index (χ4n) is 1.52. The van der Waals surface area contributed by atoms with Crippen LogP contribution in [0.2, 0.25) is 0 Å². The molecule has 1 fully saturated rings. The predicted octanol–water partition coefficient (Wildman–Crippen LogP) is 3.03.